The summed E-state index contributed by atoms with van der Waals surface area (Å²) in [7, 11) is 0. The SMILES string of the molecule is O=C(Cn1nc(C2CC2)ccc1=O)NCC1CC1. The molecule has 2 saturated carbocycles. The number of aromatic nitrogens is 2. The van der Waals surface area contributed by atoms with Gasteiger partial charge in [-0.05, 0) is 37.7 Å². The highest BCUT2D eigenvalue weighted by molar-refractivity contribution is 5.75. The first-order valence-corrected chi connectivity index (χ1v) is 6.57. The van der Waals surface area contributed by atoms with Crippen molar-refractivity contribution in [1.29, 1.82) is 0 Å². The van der Waals surface area contributed by atoms with Crippen LogP contribution in [0.25, 0.3) is 0 Å². The summed E-state index contributed by atoms with van der Waals surface area (Å²) in [5.74, 6) is 1.02. The summed E-state index contributed by atoms with van der Waals surface area (Å²) in [5.41, 5.74) is 0.727. The van der Waals surface area contributed by atoms with Gasteiger partial charge in [0.15, 0.2) is 0 Å². The lowest BCUT2D eigenvalue weighted by molar-refractivity contribution is -0.122. The van der Waals surface area contributed by atoms with Crippen LogP contribution in [0.4, 0.5) is 0 Å². The highest BCUT2D eigenvalue weighted by Crippen LogP contribution is 2.38. The first-order valence-electron chi connectivity index (χ1n) is 6.57. The van der Waals surface area contributed by atoms with E-state index in [1.54, 1.807) is 6.07 Å². The Morgan fingerprint density at radius 2 is 2.11 bits per heavy atom. The molecule has 1 heterocycles. The number of nitrogens with zero attached hydrogens (tertiary/aromatic N) is 2. The van der Waals surface area contributed by atoms with E-state index in [1.807, 2.05) is 0 Å². The third-order valence-corrected chi connectivity index (χ3v) is 3.46. The van der Waals surface area contributed by atoms with Gasteiger partial charge in [-0.3, -0.25) is 9.59 Å². The van der Waals surface area contributed by atoms with Crippen LogP contribution < -0.4 is 10.9 Å². The Labute approximate surface area is 105 Å². The van der Waals surface area contributed by atoms with Gasteiger partial charge in [0.1, 0.15) is 6.54 Å². The standard InChI is InChI=1S/C13H17N3O2/c17-12(14-7-9-1-2-9)8-16-13(18)6-5-11(15-16)10-3-4-10/h5-6,9-10H,1-4,7-8H2,(H,14,17). The van der Waals surface area contributed by atoms with Crippen molar-refractivity contribution in [2.45, 2.75) is 38.1 Å². The molecule has 2 aliphatic carbocycles. The Morgan fingerprint density at radius 1 is 1.33 bits per heavy atom. The normalized spacial score (nSPS) is 18.7. The van der Waals surface area contributed by atoms with Crippen molar-refractivity contribution in [3.8, 4) is 0 Å². The second-order valence-electron chi connectivity index (χ2n) is 5.28. The molecule has 5 nitrogen and oxygen atoms in total. The lowest BCUT2D eigenvalue weighted by Gasteiger charge is -2.07. The third-order valence-electron chi connectivity index (χ3n) is 3.46. The minimum atomic E-state index is -0.207. The molecule has 0 aliphatic heterocycles. The van der Waals surface area contributed by atoms with Crippen molar-refractivity contribution < 1.29 is 4.79 Å². The molecule has 0 radical (unpaired) electrons. The van der Waals surface area contributed by atoms with E-state index in [0.29, 0.717) is 11.8 Å². The zero-order valence-electron chi connectivity index (χ0n) is 10.3. The molecule has 0 bridgehead atoms. The third kappa shape index (κ3) is 2.78. The van der Waals surface area contributed by atoms with Crippen molar-refractivity contribution in [1.82, 2.24) is 15.1 Å². The molecule has 18 heavy (non-hydrogen) atoms. The Hall–Kier alpha value is -1.65. The van der Waals surface area contributed by atoms with E-state index in [4.69, 9.17) is 0 Å². The smallest absolute Gasteiger partial charge is 0.267 e. The predicted molar refractivity (Wildman–Crippen MR) is 66.2 cm³/mol. The van der Waals surface area contributed by atoms with Crippen LogP contribution in [0.5, 0.6) is 0 Å². The number of carbonyl (C=O) groups excluding carboxylic acids is 1. The second-order valence-corrected chi connectivity index (χ2v) is 5.28. The van der Waals surface area contributed by atoms with Crippen LogP contribution in [0.15, 0.2) is 16.9 Å². The second kappa shape index (κ2) is 4.55. The van der Waals surface area contributed by atoms with Gasteiger partial charge in [-0.1, -0.05) is 0 Å². The molecule has 1 amide bonds. The Kier molecular flexibility index (Phi) is 2.89. The summed E-state index contributed by atoms with van der Waals surface area (Å²) in [6.07, 6.45) is 4.68. The number of rotatable bonds is 5. The van der Waals surface area contributed by atoms with Gasteiger partial charge in [0.25, 0.3) is 5.56 Å². The molecule has 0 aromatic carbocycles. The van der Waals surface area contributed by atoms with E-state index in [2.05, 4.69) is 10.4 Å². The van der Waals surface area contributed by atoms with Gasteiger partial charge >= 0.3 is 0 Å². The van der Waals surface area contributed by atoms with Gasteiger partial charge in [0.2, 0.25) is 5.91 Å². The Balaban J connectivity index is 1.64. The van der Waals surface area contributed by atoms with Crippen molar-refractivity contribution in [3.05, 3.63) is 28.2 Å². The number of hydrogen-bond donors (Lipinski definition) is 1. The minimum absolute atomic E-state index is 0.0338. The fourth-order valence-corrected chi connectivity index (χ4v) is 1.95. The molecule has 0 spiro atoms. The summed E-state index contributed by atoms with van der Waals surface area (Å²) >= 11 is 0. The number of carbonyl (C=O) groups is 1. The molecule has 1 N–H and O–H groups in total. The molecule has 0 saturated heterocycles. The summed E-state index contributed by atoms with van der Waals surface area (Å²) in [6, 6.07) is 3.29. The van der Waals surface area contributed by atoms with Crippen LogP contribution in [-0.2, 0) is 11.3 Å². The maximum Gasteiger partial charge on any atom is 0.267 e. The zero-order chi connectivity index (χ0) is 12.5. The van der Waals surface area contributed by atoms with E-state index in [9.17, 15) is 9.59 Å². The zero-order valence-corrected chi connectivity index (χ0v) is 10.3. The molecule has 0 atom stereocenters. The molecule has 96 valence electrons. The van der Waals surface area contributed by atoms with Gasteiger partial charge in [-0.25, -0.2) is 4.68 Å². The number of nitrogens with one attached hydrogen (secondary N) is 1. The molecular weight excluding hydrogens is 230 g/mol. The molecule has 2 aliphatic rings. The first kappa shape index (κ1) is 11.4. The van der Waals surface area contributed by atoms with Gasteiger partial charge in [-0.15, -0.1) is 0 Å². The Bertz CT molecular complexity index is 515. The lowest BCUT2D eigenvalue weighted by atomic mass is 10.3. The Morgan fingerprint density at radius 3 is 2.78 bits per heavy atom. The van der Waals surface area contributed by atoms with Crippen LogP contribution in [0.2, 0.25) is 0 Å². The fraction of sp³-hybridized carbons (Fsp3) is 0.615. The number of hydrogen-bond acceptors (Lipinski definition) is 3. The maximum atomic E-state index is 11.7. The number of amides is 1. The highest BCUT2D eigenvalue weighted by atomic mass is 16.2. The fourth-order valence-electron chi connectivity index (χ4n) is 1.95. The maximum absolute atomic E-state index is 11.7. The lowest BCUT2D eigenvalue weighted by Crippen LogP contribution is -2.34. The molecule has 2 fully saturated rings. The molecular formula is C13H17N3O2. The van der Waals surface area contributed by atoms with Gasteiger partial charge in [0.05, 0.1) is 5.69 Å². The van der Waals surface area contributed by atoms with Crippen molar-refractivity contribution in [2.24, 2.45) is 5.92 Å². The van der Waals surface area contributed by atoms with Gasteiger partial charge in [0, 0.05) is 18.5 Å². The molecule has 3 rings (SSSR count). The van der Waals surface area contributed by atoms with Crippen molar-refractivity contribution in [3.63, 3.8) is 0 Å². The van der Waals surface area contributed by atoms with Gasteiger partial charge < -0.3 is 5.32 Å². The minimum Gasteiger partial charge on any atom is -0.354 e. The van der Waals surface area contributed by atoms with E-state index in [0.717, 1.165) is 25.1 Å². The summed E-state index contributed by atoms with van der Waals surface area (Å²) in [4.78, 5) is 23.3. The summed E-state index contributed by atoms with van der Waals surface area (Å²) in [6.45, 7) is 0.766. The average Bonchev–Trinajstić information content (AvgIpc) is 3.22. The van der Waals surface area contributed by atoms with Crippen LogP contribution in [0.3, 0.4) is 0 Å². The van der Waals surface area contributed by atoms with Crippen LogP contribution in [-0.4, -0.2) is 22.2 Å². The van der Waals surface area contributed by atoms with E-state index < -0.39 is 0 Å². The van der Waals surface area contributed by atoms with Crippen LogP contribution in [0, 0.1) is 5.92 Å². The topological polar surface area (TPSA) is 64.0 Å². The van der Waals surface area contributed by atoms with Gasteiger partial charge in [-0.2, -0.15) is 5.10 Å². The quantitative estimate of drug-likeness (QED) is 0.830. The van der Waals surface area contributed by atoms with Crippen molar-refractivity contribution in [2.75, 3.05) is 6.54 Å². The molecule has 5 heteroatoms. The van der Waals surface area contributed by atoms with E-state index in [1.165, 1.54) is 23.6 Å². The summed E-state index contributed by atoms with van der Waals surface area (Å²) < 4.78 is 1.27. The average molecular weight is 247 g/mol. The van der Waals surface area contributed by atoms with Crippen LogP contribution >= 0.6 is 0 Å². The highest BCUT2D eigenvalue weighted by Gasteiger charge is 2.26. The molecule has 1 aromatic heterocycles. The van der Waals surface area contributed by atoms with Crippen molar-refractivity contribution >= 4 is 5.91 Å². The molecule has 0 unspecified atom stereocenters. The largest absolute Gasteiger partial charge is 0.354 e. The molecule has 1 aromatic rings. The van der Waals surface area contributed by atoms with E-state index in [-0.39, 0.29) is 18.0 Å². The predicted octanol–water partition coefficient (Wildman–Crippen LogP) is 0.647. The monoisotopic (exact) mass is 247 g/mol. The first-order chi connectivity index (χ1) is 8.72. The summed E-state index contributed by atoms with van der Waals surface area (Å²) in [5, 5.41) is 7.11. The van der Waals surface area contributed by atoms with E-state index >= 15 is 0 Å². The van der Waals surface area contributed by atoms with Crippen LogP contribution in [0.1, 0.15) is 37.3 Å².